The fourth-order valence-electron chi connectivity index (χ4n) is 1.66. The summed E-state index contributed by atoms with van der Waals surface area (Å²) in [6.45, 7) is 2.69. The van der Waals surface area contributed by atoms with E-state index in [1.54, 1.807) is 23.4 Å². The van der Waals surface area contributed by atoms with Gasteiger partial charge in [0.25, 0.3) is 5.91 Å². The van der Waals surface area contributed by atoms with Gasteiger partial charge in [0.05, 0.1) is 0 Å². The molecule has 2 rings (SSSR count). The highest BCUT2D eigenvalue weighted by Gasteiger charge is 2.20. The van der Waals surface area contributed by atoms with Crippen molar-refractivity contribution in [1.29, 1.82) is 0 Å². The van der Waals surface area contributed by atoms with Gasteiger partial charge in [-0.15, -0.1) is 6.42 Å². The van der Waals surface area contributed by atoms with Gasteiger partial charge in [0.1, 0.15) is 0 Å². The summed E-state index contributed by atoms with van der Waals surface area (Å²) in [5.41, 5.74) is 0. The second kappa shape index (κ2) is 4.62. The van der Waals surface area contributed by atoms with Crippen LogP contribution in [0, 0.1) is 12.3 Å². The number of amides is 1. The van der Waals surface area contributed by atoms with Crippen LogP contribution in [0.5, 0.6) is 0 Å². The Labute approximate surface area is 94.1 Å². The molecule has 0 spiro atoms. The van der Waals surface area contributed by atoms with Crippen LogP contribution < -0.4 is 4.90 Å². The lowest BCUT2D eigenvalue weighted by Gasteiger charge is -2.33. The number of carbonyl (C=O) groups excluding carboxylic acids is 1. The van der Waals surface area contributed by atoms with Crippen LogP contribution in [0.1, 0.15) is 0 Å². The fraction of sp³-hybridized carbons (Fsp3) is 0.364. The molecular formula is C11H12N4O. The Hall–Kier alpha value is -2.09. The highest BCUT2D eigenvalue weighted by Crippen LogP contribution is 2.09. The number of carbonyl (C=O) groups is 1. The summed E-state index contributed by atoms with van der Waals surface area (Å²) in [5.74, 6) is 2.59. The third-order valence-corrected chi connectivity index (χ3v) is 2.53. The van der Waals surface area contributed by atoms with E-state index in [4.69, 9.17) is 6.42 Å². The third-order valence-electron chi connectivity index (χ3n) is 2.53. The first-order valence-corrected chi connectivity index (χ1v) is 5.09. The second-order valence-electron chi connectivity index (χ2n) is 3.47. The van der Waals surface area contributed by atoms with Gasteiger partial charge in [-0.3, -0.25) is 4.79 Å². The normalized spacial score (nSPS) is 15.7. The van der Waals surface area contributed by atoms with Gasteiger partial charge >= 0.3 is 0 Å². The van der Waals surface area contributed by atoms with Crippen LogP contribution in [-0.2, 0) is 4.79 Å². The van der Waals surface area contributed by atoms with Crippen molar-refractivity contribution in [3.8, 4) is 12.3 Å². The van der Waals surface area contributed by atoms with Crippen molar-refractivity contribution in [3.05, 3.63) is 18.5 Å². The Morgan fingerprint density at radius 1 is 1.25 bits per heavy atom. The molecule has 2 heterocycles. The van der Waals surface area contributed by atoms with Crippen molar-refractivity contribution in [2.75, 3.05) is 31.1 Å². The van der Waals surface area contributed by atoms with Crippen LogP contribution in [-0.4, -0.2) is 47.0 Å². The third kappa shape index (κ3) is 2.11. The lowest BCUT2D eigenvalue weighted by atomic mass is 10.3. The molecule has 16 heavy (non-hydrogen) atoms. The van der Waals surface area contributed by atoms with Crippen LogP contribution in [0.25, 0.3) is 0 Å². The SMILES string of the molecule is C#CC(=O)N1CCN(c2ncccn2)CC1. The molecule has 5 heteroatoms. The minimum atomic E-state index is -0.242. The van der Waals surface area contributed by atoms with Gasteiger partial charge < -0.3 is 9.80 Å². The van der Waals surface area contributed by atoms with Crippen molar-refractivity contribution in [1.82, 2.24) is 14.9 Å². The van der Waals surface area contributed by atoms with Crippen LogP contribution in [0.15, 0.2) is 18.5 Å². The molecule has 1 fully saturated rings. The summed E-state index contributed by atoms with van der Waals surface area (Å²) in [5, 5.41) is 0. The van der Waals surface area contributed by atoms with E-state index in [0.717, 1.165) is 13.1 Å². The lowest BCUT2D eigenvalue weighted by Crippen LogP contribution is -2.48. The molecule has 1 aromatic heterocycles. The monoisotopic (exact) mass is 216 g/mol. The van der Waals surface area contributed by atoms with Gasteiger partial charge in [-0.25, -0.2) is 9.97 Å². The summed E-state index contributed by atoms with van der Waals surface area (Å²) in [7, 11) is 0. The Kier molecular flexibility index (Phi) is 3.01. The zero-order valence-electron chi connectivity index (χ0n) is 8.83. The standard InChI is InChI=1S/C11H12N4O/c1-2-10(16)14-6-8-15(9-7-14)11-12-4-3-5-13-11/h1,3-5H,6-9H2. The fourth-order valence-corrected chi connectivity index (χ4v) is 1.66. The van der Waals surface area contributed by atoms with Gasteiger partial charge in [0.2, 0.25) is 5.95 Å². The minimum absolute atomic E-state index is 0.242. The number of rotatable bonds is 1. The van der Waals surface area contributed by atoms with Crippen molar-refractivity contribution in [2.45, 2.75) is 0 Å². The number of hydrogen-bond donors (Lipinski definition) is 0. The molecule has 0 saturated carbocycles. The Bertz CT molecular complexity index is 404. The molecular weight excluding hydrogens is 204 g/mol. The van der Waals surface area contributed by atoms with E-state index in [2.05, 4.69) is 15.9 Å². The molecule has 0 bridgehead atoms. The first-order chi connectivity index (χ1) is 7.81. The van der Waals surface area contributed by atoms with E-state index < -0.39 is 0 Å². The van der Waals surface area contributed by atoms with Gasteiger partial charge in [0, 0.05) is 38.6 Å². The highest BCUT2D eigenvalue weighted by atomic mass is 16.2. The van der Waals surface area contributed by atoms with Crippen molar-refractivity contribution >= 4 is 11.9 Å². The first-order valence-electron chi connectivity index (χ1n) is 5.09. The molecule has 1 aliphatic heterocycles. The number of aromatic nitrogens is 2. The van der Waals surface area contributed by atoms with Crippen molar-refractivity contribution < 1.29 is 4.79 Å². The largest absolute Gasteiger partial charge is 0.337 e. The predicted octanol–water partition coefficient (Wildman–Crippen LogP) is -0.242. The maximum Gasteiger partial charge on any atom is 0.298 e. The quantitative estimate of drug-likeness (QED) is 0.608. The topological polar surface area (TPSA) is 49.3 Å². The van der Waals surface area contributed by atoms with E-state index in [1.165, 1.54) is 0 Å². The Morgan fingerprint density at radius 3 is 2.44 bits per heavy atom. The van der Waals surface area contributed by atoms with Crippen LogP contribution in [0.4, 0.5) is 5.95 Å². The number of terminal acetylenes is 1. The van der Waals surface area contributed by atoms with Crippen molar-refractivity contribution in [3.63, 3.8) is 0 Å². The van der Waals surface area contributed by atoms with Crippen molar-refractivity contribution in [2.24, 2.45) is 0 Å². The number of hydrogen-bond acceptors (Lipinski definition) is 4. The van der Waals surface area contributed by atoms with E-state index in [-0.39, 0.29) is 5.91 Å². The van der Waals surface area contributed by atoms with Gasteiger partial charge in [-0.05, 0) is 12.0 Å². The van der Waals surface area contributed by atoms with E-state index in [9.17, 15) is 4.79 Å². The maximum absolute atomic E-state index is 11.3. The van der Waals surface area contributed by atoms with Crippen LogP contribution in [0.2, 0.25) is 0 Å². The minimum Gasteiger partial charge on any atom is -0.337 e. The molecule has 82 valence electrons. The summed E-state index contributed by atoms with van der Waals surface area (Å²) in [6, 6.07) is 1.78. The van der Waals surface area contributed by atoms with E-state index >= 15 is 0 Å². The highest BCUT2D eigenvalue weighted by molar-refractivity contribution is 5.93. The number of nitrogens with zero attached hydrogens (tertiary/aromatic N) is 4. The maximum atomic E-state index is 11.3. The average molecular weight is 216 g/mol. The summed E-state index contributed by atoms with van der Waals surface area (Å²) in [6.07, 6.45) is 8.49. The smallest absolute Gasteiger partial charge is 0.298 e. The first kappa shape index (κ1) is 10.4. The molecule has 0 atom stereocenters. The molecule has 1 aromatic rings. The van der Waals surface area contributed by atoms with E-state index in [1.807, 2.05) is 4.90 Å². The summed E-state index contributed by atoms with van der Waals surface area (Å²) in [4.78, 5) is 23.3. The number of piperazine rings is 1. The Balaban J connectivity index is 1.96. The molecule has 1 saturated heterocycles. The molecule has 5 nitrogen and oxygen atoms in total. The molecule has 1 amide bonds. The van der Waals surface area contributed by atoms with Gasteiger partial charge in [0.15, 0.2) is 0 Å². The zero-order chi connectivity index (χ0) is 11.4. The molecule has 0 radical (unpaired) electrons. The second-order valence-corrected chi connectivity index (χ2v) is 3.47. The lowest BCUT2D eigenvalue weighted by molar-refractivity contribution is -0.125. The summed E-state index contributed by atoms with van der Waals surface area (Å²) < 4.78 is 0. The molecule has 1 aliphatic rings. The average Bonchev–Trinajstić information content (AvgIpc) is 2.39. The van der Waals surface area contributed by atoms with E-state index in [0.29, 0.717) is 19.0 Å². The molecule has 0 aromatic carbocycles. The van der Waals surface area contributed by atoms with Crippen LogP contribution >= 0.6 is 0 Å². The van der Waals surface area contributed by atoms with Gasteiger partial charge in [-0.1, -0.05) is 0 Å². The zero-order valence-corrected chi connectivity index (χ0v) is 8.83. The van der Waals surface area contributed by atoms with Gasteiger partial charge in [-0.2, -0.15) is 0 Å². The molecule has 0 unspecified atom stereocenters. The predicted molar refractivity (Wildman–Crippen MR) is 59.7 cm³/mol. The molecule has 0 N–H and O–H groups in total. The van der Waals surface area contributed by atoms with Crippen LogP contribution in [0.3, 0.4) is 0 Å². The number of anilines is 1. The molecule has 0 aliphatic carbocycles. The Morgan fingerprint density at radius 2 is 1.88 bits per heavy atom. The summed E-state index contributed by atoms with van der Waals surface area (Å²) >= 11 is 0.